The van der Waals surface area contributed by atoms with Crippen molar-refractivity contribution in [3.8, 4) is 11.3 Å². The molecule has 0 bridgehead atoms. The second-order valence-electron chi connectivity index (χ2n) is 6.84. The number of halogens is 2. The zero-order chi connectivity index (χ0) is 20.0. The normalized spacial score (nSPS) is 15.6. The lowest BCUT2D eigenvalue weighted by molar-refractivity contribution is 0.0988. The van der Waals surface area contributed by atoms with Crippen LogP contribution in [0.2, 0.25) is 5.02 Å². The summed E-state index contributed by atoms with van der Waals surface area (Å²) < 4.78 is 14.1. The van der Waals surface area contributed by atoms with Crippen molar-refractivity contribution >= 4 is 23.2 Å². The highest BCUT2D eigenvalue weighted by atomic mass is 35.5. The van der Waals surface area contributed by atoms with Crippen molar-refractivity contribution in [3.63, 3.8) is 0 Å². The maximum absolute atomic E-state index is 14.1. The number of carbonyl (C=O) groups excluding carboxylic acids is 1. The van der Waals surface area contributed by atoms with Gasteiger partial charge in [0.2, 0.25) is 0 Å². The van der Waals surface area contributed by atoms with Crippen LogP contribution in [0.3, 0.4) is 0 Å². The van der Waals surface area contributed by atoms with Gasteiger partial charge in [-0.1, -0.05) is 54.1 Å². The SMILES string of the molecule is O=C1c2[nH]nc(-c3ccccc3)c2[C@H](c2cccc(F)c2)N1c1ccc(Cl)cc1. The van der Waals surface area contributed by atoms with Crippen LogP contribution < -0.4 is 4.90 Å². The maximum Gasteiger partial charge on any atom is 0.277 e. The molecule has 0 aliphatic carbocycles. The molecule has 1 aliphatic rings. The summed E-state index contributed by atoms with van der Waals surface area (Å²) in [6.07, 6.45) is 0. The molecule has 1 N–H and O–H groups in total. The highest BCUT2D eigenvalue weighted by molar-refractivity contribution is 6.30. The Morgan fingerprint density at radius 3 is 2.45 bits per heavy atom. The molecule has 0 saturated carbocycles. The molecule has 0 saturated heterocycles. The molecule has 6 heteroatoms. The first-order chi connectivity index (χ1) is 14.1. The molecule has 1 aliphatic heterocycles. The van der Waals surface area contributed by atoms with Crippen LogP contribution in [-0.4, -0.2) is 16.1 Å². The maximum atomic E-state index is 14.1. The van der Waals surface area contributed by atoms with Crippen LogP contribution in [0.1, 0.15) is 27.7 Å². The monoisotopic (exact) mass is 403 g/mol. The Kier molecular flexibility index (Phi) is 4.18. The quantitative estimate of drug-likeness (QED) is 0.482. The highest BCUT2D eigenvalue weighted by Crippen LogP contribution is 2.45. The molecule has 0 spiro atoms. The topological polar surface area (TPSA) is 49.0 Å². The van der Waals surface area contributed by atoms with Crippen molar-refractivity contribution in [2.24, 2.45) is 0 Å². The van der Waals surface area contributed by atoms with Crippen molar-refractivity contribution in [2.45, 2.75) is 6.04 Å². The number of fused-ring (bicyclic) bond motifs is 1. The van der Waals surface area contributed by atoms with E-state index in [4.69, 9.17) is 11.6 Å². The van der Waals surface area contributed by atoms with Gasteiger partial charge in [0.05, 0.1) is 11.7 Å². The van der Waals surface area contributed by atoms with Crippen LogP contribution in [0.4, 0.5) is 10.1 Å². The van der Waals surface area contributed by atoms with Crippen LogP contribution in [0.5, 0.6) is 0 Å². The van der Waals surface area contributed by atoms with Gasteiger partial charge in [0, 0.05) is 21.8 Å². The summed E-state index contributed by atoms with van der Waals surface area (Å²) in [5, 5.41) is 7.89. The van der Waals surface area contributed by atoms with Gasteiger partial charge < -0.3 is 0 Å². The lowest BCUT2D eigenvalue weighted by Crippen LogP contribution is -2.29. The van der Waals surface area contributed by atoms with Crippen molar-refractivity contribution < 1.29 is 9.18 Å². The fourth-order valence-electron chi connectivity index (χ4n) is 3.82. The summed E-state index contributed by atoms with van der Waals surface area (Å²) in [4.78, 5) is 15.0. The number of amides is 1. The number of carbonyl (C=O) groups is 1. The molecule has 4 nitrogen and oxygen atoms in total. The third-order valence-electron chi connectivity index (χ3n) is 5.08. The van der Waals surface area contributed by atoms with Crippen molar-refractivity contribution in [3.05, 3.63) is 107 Å². The molecule has 142 valence electrons. The van der Waals surface area contributed by atoms with Crippen molar-refractivity contribution in [1.82, 2.24) is 10.2 Å². The number of hydrogen-bond acceptors (Lipinski definition) is 2. The van der Waals surface area contributed by atoms with E-state index in [-0.39, 0.29) is 11.7 Å². The standard InChI is InChI=1S/C23H15ClFN3O/c24-16-9-11-18(12-10-16)28-22(15-7-4-8-17(25)13-15)19-20(14-5-2-1-3-6-14)26-27-21(19)23(28)29/h1-13,22H,(H,26,27)/t22-/m0/s1. The number of benzene rings is 3. The molecule has 4 aromatic rings. The molecular weight excluding hydrogens is 389 g/mol. The molecule has 1 aromatic heterocycles. The Morgan fingerprint density at radius 2 is 1.72 bits per heavy atom. The molecule has 0 unspecified atom stereocenters. The predicted molar refractivity (Wildman–Crippen MR) is 111 cm³/mol. The zero-order valence-corrected chi connectivity index (χ0v) is 15.9. The highest BCUT2D eigenvalue weighted by Gasteiger charge is 2.43. The van der Waals surface area contributed by atoms with E-state index in [0.29, 0.717) is 27.7 Å². The van der Waals surface area contributed by atoms with E-state index in [2.05, 4.69) is 10.2 Å². The van der Waals surface area contributed by atoms with Gasteiger partial charge in [0.25, 0.3) is 5.91 Å². The average Bonchev–Trinajstić information content (AvgIpc) is 3.28. The Labute approximate surface area is 171 Å². The van der Waals surface area contributed by atoms with Gasteiger partial charge in [0.1, 0.15) is 11.5 Å². The van der Waals surface area contributed by atoms with Gasteiger partial charge >= 0.3 is 0 Å². The van der Waals surface area contributed by atoms with Gasteiger partial charge in [-0.2, -0.15) is 5.10 Å². The molecule has 3 aromatic carbocycles. The number of aromatic amines is 1. The summed E-state index contributed by atoms with van der Waals surface area (Å²) in [6, 6.07) is 22.5. The fourth-order valence-corrected chi connectivity index (χ4v) is 3.95. The van der Waals surface area contributed by atoms with E-state index in [0.717, 1.165) is 11.1 Å². The molecular formula is C23H15ClFN3O. The van der Waals surface area contributed by atoms with Crippen molar-refractivity contribution in [1.29, 1.82) is 0 Å². The van der Waals surface area contributed by atoms with E-state index < -0.39 is 6.04 Å². The van der Waals surface area contributed by atoms with Gasteiger partial charge in [0.15, 0.2) is 0 Å². The molecule has 2 heterocycles. The lowest BCUT2D eigenvalue weighted by Gasteiger charge is -2.26. The molecule has 29 heavy (non-hydrogen) atoms. The fraction of sp³-hybridized carbons (Fsp3) is 0.0435. The third kappa shape index (κ3) is 2.91. The minimum Gasteiger partial charge on any atom is -0.295 e. The summed E-state index contributed by atoms with van der Waals surface area (Å²) in [6.45, 7) is 0. The van der Waals surface area contributed by atoms with Crippen molar-refractivity contribution in [2.75, 3.05) is 4.90 Å². The molecule has 1 amide bonds. The first-order valence-corrected chi connectivity index (χ1v) is 9.49. The molecule has 0 radical (unpaired) electrons. The number of rotatable bonds is 3. The predicted octanol–water partition coefficient (Wildman–Crippen LogP) is 5.62. The van der Waals surface area contributed by atoms with Gasteiger partial charge in [-0.15, -0.1) is 0 Å². The third-order valence-corrected chi connectivity index (χ3v) is 5.34. The molecule has 1 atom stereocenters. The average molecular weight is 404 g/mol. The number of H-pyrrole nitrogens is 1. The first-order valence-electron chi connectivity index (χ1n) is 9.12. The largest absolute Gasteiger partial charge is 0.295 e. The van der Waals surface area contributed by atoms with E-state index in [9.17, 15) is 9.18 Å². The van der Waals surface area contributed by atoms with Gasteiger partial charge in [-0.05, 0) is 42.0 Å². The Balaban J connectivity index is 1.74. The van der Waals surface area contributed by atoms with Gasteiger partial charge in [-0.3, -0.25) is 14.8 Å². The van der Waals surface area contributed by atoms with Crippen LogP contribution in [0, 0.1) is 5.82 Å². The molecule has 0 fully saturated rings. The zero-order valence-electron chi connectivity index (χ0n) is 15.1. The lowest BCUT2D eigenvalue weighted by atomic mass is 9.96. The second kappa shape index (κ2) is 6.87. The van der Waals surface area contributed by atoms with Crippen LogP contribution >= 0.6 is 11.6 Å². The second-order valence-corrected chi connectivity index (χ2v) is 7.27. The Morgan fingerprint density at radius 1 is 0.966 bits per heavy atom. The number of aromatic nitrogens is 2. The van der Waals surface area contributed by atoms with E-state index in [1.807, 2.05) is 36.4 Å². The molecule has 5 rings (SSSR count). The van der Waals surface area contributed by atoms with Gasteiger partial charge in [-0.25, -0.2) is 4.39 Å². The summed E-state index contributed by atoms with van der Waals surface area (Å²) in [5.41, 5.74) is 4.06. The van der Waals surface area contributed by atoms with Crippen LogP contribution in [0.25, 0.3) is 11.3 Å². The first kappa shape index (κ1) is 17.6. The Bertz CT molecular complexity index is 1200. The smallest absolute Gasteiger partial charge is 0.277 e. The van der Waals surface area contributed by atoms with Crippen LogP contribution in [-0.2, 0) is 0 Å². The summed E-state index contributed by atoms with van der Waals surface area (Å²) >= 11 is 6.03. The summed E-state index contributed by atoms with van der Waals surface area (Å²) in [5.74, 6) is -0.574. The minimum atomic E-state index is -0.511. The number of anilines is 1. The Hall–Kier alpha value is -3.44. The number of nitrogens with zero attached hydrogens (tertiary/aromatic N) is 2. The summed E-state index contributed by atoms with van der Waals surface area (Å²) in [7, 11) is 0. The van der Waals surface area contributed by atoms with Crippen LogP contribution in [0.15, 0.2) is 78.9 Å². The van der Waals surface area contributed by atoms with E-state index in [1.165, 1.54) is 12.1 Å². The van der Waals surface area contributed by atoms with E-state index >= 15 is 0 Å². The van der Waals surface area contributed by atoms with E-state index in [1.54, 1.807) is 35.2 Å². The number of nitrogens with one attached hydrogen (secondary N) is 1. The number of hydrogen-bond donors (Lipinski definition) is 1. The minimum absolute atomic E-state index is 0.216.